The van der Waals surface area contributed by atoms with Gasteiger partial charge in [-0.25, -0.2) is 0 Å². The van der Waals surface area contributed by atoms with E-state index < -0.39 is 0 Å². The second kappa shape index (κ2) is 9.50. The molecule has 0 bridgehead atoms. The third kappa shape index (κ3) is 4.63. The highest BCUT2D eigenvalue weighted by Crippen LogP contribution is 2.42. The molecule has 2 saturated heterocycles. The van der Waals surface area contributed by atoms with E-state index >= 15 is 0 Å². The van der Waals surface area contributed by atoms with Crippen molar-refractivity contribution in [3.63, 3.8) is 0 Å². The summed E-state index contributed by atoms with van der Waals surface area (Å²) in [6.07, 6.45) is 8.09. The Bertz CT molecular complexity index is 787. The summed E-state index contributed by atoms with van der Waals surface area (Å²) in [5.74, 6) is 1.29. The van der Waals surface area contributed by atoms with E-state index in [-0.39, 0.29) is 6.04 Å². The molecule has 3 atom stereocenters. The zero-order valence-electron chi connectivity index (χ0n) is 19.9. The predicted molar refractivity (Wildman–Crippen MR) is 125 cm³/mol. The Labute approximate surface area is 188 Å². The van der Waals surface area contributed by atoms with Crippen LogP contribution in [0.1, 0.15) is 68.6 Å². The summed E-state index contributed by atoms with van der Waals surface area (Å²) >= 11 is 0. The lowest BCUT2D eigenvalue weighted by atomic mass is 9.84. The smallest absolute Gasteiger partial charge is 0.239 e. The van der Waals surface area contributed by atoms with Gasteiger partial charge < -0.3 is 14.9 Å². The van der Waals surface area contributed by atoms with Crippen LogP contribution in [0.25, 0.3) is 0 Å². The molecule has 1 aromatic carbocycles. The van der Waals surface area contributed by atoms with E-state index in [1.807, 2.05) is 20.0 Å². The van der Waals surface area contributed by atoms with Gasteiger partial charge in [0, 0.05) is 44.3 Å². The fourth-order valence-corrected chi connectivity index (χ4v) is 6.24. The molecule has 5 heteroatoms. The number of carbonyl (C=O) groups excluding carboxylic acids is 1. The topological polar surface area (TPSA) is 47.0 Å². The first-order valence-electron chi connectivity index (χ1n) is 12.4. The minimum Gasteiger partial charge on any atom is -0.508 e. The van der Waals surface area contributed by atoms with Crippen molar-refractivity contribution < 1.29 is 9.90 Å². The molecule has 2 heterocycles. The Hall–Kier alpha value is -1.59. The molecule has 1 saturated carbocycles. The molecular weight excluding hydrogens is 386 g/mol. The van der Waals surface area contributed by atoms with E-state index in [4.69, 9.17) is 0 Å². The first kappa shape index (κ1) is 22.6. The third-order valence-electron chi connectivity index (χ3n) is 8.45. The summed E-state index contributed by atoms with van der Waals surface area (Å²) in [5.41, 5.74) is 3.28. The minimum atomic E-state index is -0.0525. The summed E-state index contributed by atoms with van der Waals surface area (Å²) in [6.45, 7) is 10.3. The molecule has 3 fully saturated rings. The number of phenols is 1. The number of amides is 1. The molecule has 3 unspecified atom stereocenters. The number of aryl methyl sites for hydroxylation is 2. The van der Waals surface area contributed by atoms with Gasteiger partial charge >= 0.3 is 0 Å². The molecule has 172 valence electrons. The Morgan fingerprint density at radius 1 is 1.10 bits per heavy atom. The van der Waals surface area contributed by atoms with Crippen LogP contribution in [0, 0.1) is 19.8 Å². The fourth-order valence-electron chi connectivity index (χ4n) is 6.24. The summed E-state index contributed by atoms with van der Waals surface area (Å²) in [5, 5.41) is 10.6. The van der Waals surface area contributed by atoms with Gasteiger partial charge in [-0.1, -0.05) is 25.8 Å². The molecule has 31 heavy (non-hydrogen) atoms. The summed E-state index contributed by atoms with van der Waals surface area (Å²) < 4.78 is 0. The van der Waals surface area contributed by atoms with Crippen LogP contribution in [-0.2, 0) is 11.3 Å². The van der Waals surface area contributed by atoms with E-state index in [9.17, 15) is 9.90 Å². The Kier molecular flexibility index (Phi) is 6.92. The van der Waals surface area contributed by atoms with Gasteiger partial charge in [-0.05, 0) is 75.6 Å². The van der Waals surface area contributed by atoms with Gasteiger partial charge in [0.05, 0.1) is 6.04 Å². The molecule has 4 rings (SSSR count). The van der Waals surface area contributed by atoms with Crippen LogP contribution in [0.4, 0.5) is 0 Å². The van der Waals surface area contributed by atoms with Crippen molar-refractivity contribution in [1.82, 2.24) is 14.7 Å². The molecular formula is C26H41N3O2. The number of likely N-dealkylation sites (N-methyl/N-ethyl adjacent to an activating group) is 1. The Balaban J connectivity index is 1.53. The second-order valence-corrected chi connectivity index (χ2v) is 10.2. The number of benzene rings is 1. The monoisotopic (exact) mass is 427 g/mol. The number of fused-ring (bicyclic) bond motifs is 1. The highest BCUT2D eigenvalue weighted by molar-refractivity contribution is 5.82. The maximum Gasteiger partial charge on any atom is 0.239 e. The number of hydrogen-bond acceptors (Lipinski definition) is 4. The molecule has 1 N–H and O–H groups in total. The van der Waals surface area contributed by atoms with Gasteiger partial charge in [-0.2, -0.15) is 0 Å². The molecule has 1 aliphatic carbocycles. The zero-order chi connectivity index (χ0) is 22.1. The number of aromatic hydroxyl groups is 1. The van der Waals surface area contributed by atoms with Gasteiger partial charge in [0.25, 0.3) is 0 Å². The first-order valence-corrected chi connectivity index (χ1v) is 12.4. The predicted octanol–water partition coefficient (Wildman–Crippen LogP) is 4.08. The largest absolute Gasteiger partial charge is 0.508 e. The van der Waals surface area contributed by atoms with Crippen molar-refractivity contribution in [2.45, 2.75) is 90.4 Å². The number of likely N-dealkylation sites (tertiary alicyclic amines) is 2. The number of nitrogens with zero attached hydrogens (tertiary/aromatic N) is 3. The Morgan fingerprint density at radius 3 is 2.48 bits per heavy atom. The van der Waals surface area contributed by atoms with Crippen LogP contribution < -0.4 is 0 Å². The molecule has 1 amide bonds. The SMILES string of the molecule is CCN1CCC(N(C)C(=O)C2CC3CCCCC3N2Cc2cc(C)c(C)cc2O)CC1. The standard InChI is InChI=1S/C26H41N3O2/c1-5-28-12-10-22(11-13-28)27(4)26(31)24-16-20-8-6-7-9-23(20)29(24)17-21-14-18(2)19(3)15-25(21)30/h14-15,20,22-24,30H,5-13,16-17H2,1-4H3. The van der Waals surface area contributed by atoms with Gasteiger partial charge in [-0.3, -0.25) is 9.69 Å². The number of rotatable bonds is 5. The van der Waals surface area contributed by atoms with Crippen molar-refractivity contribution in [2.24, 2.45) is 5.92 Å². The van der Waals surface area contributed by atoms with E-state index in [2.05, 4.69) is 34.6 Å². The van der Waals surface area contributed by atoms with Crippen LogP contribution in [0.3, 0.4) is 0 Å². The molecule has 2 aliphatic heterocycles. The van der Waals surface area contributed by atoms with Crippen molar-refractivity contribution in [3.8, 4) is 5.75 Å². The maximum absolute atomic E-state index is 13.8. The summed E-state index contributed by atoms with van der Waals surface area (Å²) in [6, 6.07) is 4.77. The summed E-state index contributed by atoms with van der Waals surface area (Å²) in [7, 11) is 2.03. The molecule has 0 radical (unpaired) electrons. The molecule has 3 aliphatic rings. The van der Waals surface area contributed by atoms with E-state index in [1.54, 1.807) is 0 Å². The lowest BCUT2D eigenvalue weighted by Gasteiger charge is -2.39. The average molecular weight is 428 g/mol. The lowest BCUT2D eigenvalue weighted by Crippen LogP contribution is -2.52. The van der Waals surface area contributed by atoms with Gasteiger partial charge in [0.1, 0.15) is 5.75 Å². The second-order valence-electron chi connectivity index (χ2n) is 10.2. The number of piperidine rings is 1. The normalized spacial score (nSPS) is 27.9. The maximum atomic E-state index is 13.8. The van der Waals surface area contributed by atoms with Crippen molar-refractivity contribution in [3.05, 3.63) is 28.8 Å². The van der Waals surface area contributed by atoms with Crippen LogP contribution >= 0.6 is 0 Å². The quantitative estimate of drug-likeness (QED) is 0.769. The van der Waals surface area contributed by atoms with Gasteiger partial charge in [-0.15, -0.1) is 0 Å². The molecule has 0 aromatic heterocycles. The van der Waals surface area contributed by atoms with Crippen molar-refractivity contribution >= 4 is 5.91 Å². The molecule has 5 nitrogen and oxygen atoms in total. The van der Waals surface area contributed by atoms with E-state index in [0.29, 0.717) is 36.2 Å². The number of hydrogen-bond donors (Lipinski definition) is 1. The van der Waals surface area contributed by atoms with Crippen LogP contribution in [0.2, 0.25) is 0 Å². The van der Waals surface area contributed by atoms with Crippen LogP contribution in [0.15, 0.2) is 12.1 Å². The van der Waals surface area contributed by atoms with E-state index in [1.165, 1.54) is 31.2 Å². The fraction of sp³-hybridized carbons (Fsp3) is 0.731. The van der Waals surface area contributed by atoms with Gasteiger partial charge in [0.2, 0.25) is 5.91 Å². The number of carbonyl (C=O) groups is 1. The van der Waals surface area contributed by atoms with Crippen LogP contribution in [-0.4, -0.2) is 70.5 Å². The van der Waals surface area contributed by atoms with E-state index in [0.717, 1.165) is 50.0 Å². The zero-order valence-corrected chi connectivity index (χ0v) is 19.9. The molecule has 1 aromatic rings. The van der Waals surface area contributed by atoms with Gasteiger partial charge in [0.15, 0.2) is 0 Å². The average Bonchev–Trinajstić information content (AvgIpc) is 3.15. The highest BCUT2D eigenvalue weighted by Gasteiger charge is 2.46. The number of phenolic OH excluding ortho intramolecular Hbond substituents is 1. The van der Waals surface area contributed by atoms with Crippen LogP contribution in [0.5, 0.6) is 5.75 Å². The molecule has 0 spiro atoms. The lowest BCUT2D eigenvalue weighted by molar-refractivity contribution is -0.138. The van der Waals surface area contributed by atoms with Crippen molar-refractivity contribution in [2.75, 3.05) is 26.7 Å². The van der Waals surface area contributed by atoms with Crippen molar-refractivity contribution in [1.29, 1.82) is 0 Å². The Morgan fingerprint density at radius 2 is 1.77 bits per heavy atom. The summed E-state index contributed by atoms with van der Waals surface area (Å²) in [4.78, 5) is 20.8. The first-order chi connectivity index (χ1) is 14.9. The highest BCUT2D eigenvalue weighted by atomic mass is 16.3. The third-order valence-corrected chi connectivity index (χ3v) is 8.45. The minimum absolute atomic E-state index is 0.0525.